The molecule has 0 saturated heterocycles. The lowest BCUT2D eigenvalue weighted by atomic mass is 10.1. The van der Waals surface area contributed by atoms with Gasteiger partial charge in [-0.25, -0.2) is 9.78 Å². The number of nitrogens with zero attached hydrogens (tertiary/aromatic N) is 2. The number of anilines is 1. The maximum atomic E-state index is 11.1. The second-order valence-electron chi connectivity index (χ2n) is 6.46. The minimum Gasteiger partial charge on any atom is -0.478 e. The fourth-order valence-electron chi connectivity index (χ4n) is 2.12. The summed E-state index contributed by atoms with van der Waals surface area (Å²) in [5.74, 6) is 1.26. The van der Waals surface area contributed by atoms with Gasteiger partial charge in [0.15, 0.2) is 0 Å². The summed E-state index contributed by atoms with van der Waals surface area (Å²) < 4.78 is 0. The minimum absolute atomic E-state index is 0.284. The molecule has 0 atom stereocenters. The van der Waals surface area contributed by atoms with Gasteiger partial charge in [0.25, 0.3) is 0 Å². The van der Waals surface area contributed by atoms with Crippen LogP contribution in [0, 0.1) is 18.8 Å². The third kappa shape index (κ3) is 5.74. The Hall–Kier alpha value is -1.58. The molecule has 0 aliphatic heterocycles. The molecule has 1 aromatic heterocycles. The standard InChI is InChI=1S/C17H28N2O2/c1-12(2)8-10-19(11-9-13(3)4)16-7-6-15(17(20)21)14(5)18-16/h6-7,12-13H,8-11H2,1-5H3,(H,20,21). The predicted octanol–water partition coefficient (Wildman–Crippen LogP) is 3.99. The SMILES string of the molecule is Cc1nc(N(CCC(C)C)CCC(C)C)ccc1C(=O)O. The molecular weight excluding hydrogens is 264 g/mol. The average molecular weight is 292 g/mol. The monoisotopic (exact) mass is 292 g/mol. The van der Waals surface area contributed by atoms with Crippen molar-refractivity contribution in [3.63, 3.8) is 0 Å². The first-order valence-electron chi connectivity index (χ1n) is 7.77. The summed E-state index contributed by atoms with van der Waals surface area (Å²) in [4.78, 5) is 17.9. The second-order valence-corrected chi connectivity index (χ2v) is 6.46. The van der Waals surface area contributed by atoms with Crippen molar-refractivity contribution in [3.8, 4) is 0 Å². The van der Waals surface area contributed by atoms with Gasteiger partial charge in [0.2, 0.25) is 0 Å². The summed E-state index contributed by atoms with van der Waals surface area (Å²) in [5, 5.41) is 9.09. The predicted molar refractivity (Wildman–Crippen MR) is 87.1 cm³/mol. The Bertz CT molecular complexity index is 458. The Morgan fingerprint density at radius 1 is 1.14 bits per heavy atom. The molecule has 0 radical (unpaired) electrons. The quantitative estimate of drug-likeness (QED) is 0.787. The lowest BCUT2D eigenvalue weighted by Gasteiger charge is -2.26. The first kappa shape index (κ1) is 17.5. The highest BCUT2D eigenvalue weighted by Crippen LogP contribution is 2.18. The molecule has 1 heterocycles. The number of hydrogen-bond acceptors (Lipinski definition) is 3. The number of aryl methyl sites for hydroxylation is 1. The van der Waals surface area contributed by atoms with E-state index in [1.54, 1.807) is 13.0 Å². The second kappa shape index (κ2) is 8.01. The molecule has 0 aliphatic rings. The number of pyridine rings is 1. The summed E-state index contributed by atoms with van der Waals surface area (Å²) >= 11 is 0. The van der Waals surface area contributed by atoms with Gasteiger partial charge >= 0.3 is 5.97 Å². The molecule has 0 amide bonds. The van der Waals surface area contributed by atoms with Gasteiger partial charge in [-0.3, -0.25) is 0 Å². The molecule has 1 aromatic rings. The van der Waals surface area contributed by atoms with E-state index in [0.29, 0.717) is 17.5 Å². The van der Waals surface area contributed by atoms with Crippen LogP contribution in [-0.4, -0.2) is 29.1 Å². The van der Waals surface area contributed by atoms with Crippen molar-refractivity contribution in [2.24, 2.45) is 11.8 Å². The highest BCUT2D eigenvalue weighted by molar-refractivity contribution is 5.89. The molecule has 0 aromatic carbocycles. The summed E-state index contributed by atoms with van der Waals surface area (Å²) in [7, 11) is 0. The number of hydrogen-bond donors (Lipinski definition) is 1. The summed E-state index contributed by atoms with van der Waals surface area (Å²) in [6, 6.07) is 3.49. The molecule has 0 spiro atoms. The first-order valence-corrected chi connectivity index (χ1v) is 7.77. The van der Waals surface area contributed by atoms with E-state index in [4.69, 9.17) is 5.11 Å². The summed E-state index contributed by atoms with van der Waals surface area (Å²) in [5.41, 5.74) is 0.866. The van der Waals surface area contributed by atoms with E-state index in [1.807, 2.05) is 6.07 Å². The third-order valence-electron chi connectivity index (χ3n) is 3.58. The van der Waals surface area contributed by atoms with Crippen molar-refractivity contribution in [2.45, 2.75) is 47.5 Å². The maximum Gasteiger partial charge on any atom is 0.337 e. The zero-order valence-corrected chi connectivity index (χ0v) is 13.9. The highest BCUT2D eigenvalue weighted by atomic mass is 16.4. The van der Waals surface area contributed by atoms with E-state index in [0.717, 1.165) is 31.7 Å². The Morgan fingerprint density at radius 3 is 2.05 bits per heavy atom. The van der Waals surface area contributed by atoms with Gasteiger partial charge in [-0.15, -0.1) is 0 Å². The number of rotatable bonds is 8. The van der Waals surface area contributed by atoms with Crippen LogP contribution in [0.1, 0.15) is 56.6 Å². The molecule has 1 rings (SSSR count). The largest absolute Gasteiger partial charge is 0.478 e. The molecule has 4 heteroatoms. The topological polar surface area (TPSA) is 53.4 Å². The van der Waals surface area contributed by atoms with Crippen molar-refractivity contribution in [2.75, 3.05) is 18.0 Å². The van der Waals surface area contributed by atoms with E-state index in [1.165, 1.54) is 0 Å². The first-order chi connectivity index (χ1) is 9.81. The van der Waals surface area contributed by atoms with Crippen molar-refractivity contribution in [1.82, 2.24) is 4.98 Å². The number of carboxylic acids is 1. The van der Waals surface area contributed by atoms with E-state index < -0.39 is 5.97 Å². The van der Waals surface area contributed by atoms with Gasteiger partial charge in [0.1, 0.15) is 5.82 Å². The molecular formula is C17H28N2O2. The Labute approximate surface area is 128 Å². The fourth-order valence-corrected chi connectivity index (χ4v) is 2.12. The van der Waals surface area contributed by atoms with Crippen LogP contribution in [-0.2, 0) is 0 Å². The molecule has 1 N–H and O–H groups in total. The fraction of sp³-hybridized carbons (Fsp3) is 0.647. The smallest absolute Gasteiger partial charge is 0.337 e. The third-order valence-corrected chi connectivity index (χ3v) is 3.58. The molecule has 4 nitrogen and oxygen atoms in total. The number of carbonyl (C=O) groups is 1. The van der Waals surface area contributed by atoms with Gasteiger partial charge in [-0.05, 0) is 43.7 Å². The van der Waals surface area contributed by atoms with Crippen LogP contribution in [0.4, 0.5) is 5.82 Å². The van der Waals surface area contributed by atoms with E-state index in [2.05, 4.69) is 37.6 Å². The van der Waals surface area contributed by atoms with Crippen molar-refractivity contribution < 1.29 is 9.90 Å². The van der Waals surface area contributed by atoms with E-state index in [9.17, 15) is 4.79 Å². The minimum atomic E-state index is -0.914. The molecule has 21 heavy (non-hydrogen) atoms. The van der Waals surface area contributed by atoms with E-state index >= 15 is 0 Å². The average Bonchev–Trinajstić information content (AvgIpc) is 2.37. The summed E-state index contributed by atoms with van der Waals surface area (Å²) in [6.07, 6.45) is 2.22. The lowest BCUT2D eigenvalue weighted by molar-refractivity contribution is 0.0695. The zero-order chi connectivity index (χ0) is 16.0. The molecule has 0 saturated carbocycles. The van der Waals surface area contributed by atoms with E-state index in [-0.39, 0.29) is 5.56 Å². The van der Waals surface area contributed by atoms with Crippen LogP contribution < -0.4 is 4.90 Å². The normalized spacial score (nSPS) is 11.2. The number of carboxylic acid groups (broad SMARTS) is 1. The van der Waals surface area contributed by atoms with Crippen molar-refractivity contribution in [1.29, 1.82) is 0 Å². The van der Waals surface area contributed by atoms with Crippen LogP contribution >= 0.6 is 0 Å². The van der Waals surface area contributed by atoms with Crippen molar-refractivity contribution >= 4 is 11.8 Å². The summed E-state index contributed by atoms with van der Waals surface area (Å²) in [6.45, 7) is 12.5. The van der Waals surface area contributed by atoms with Crippen LogP contribution in [0.2, 0.25) is 0 Å². The van der Waals surface area contributed by atoms with Gasteiger partial charge in [0.05, 0.1) is 11.3 Å². The highest BCUT2D eigenvalue weighted by Gasteiger charge is 2.13. The van der Waals surface area contributed by atoms with Crippen LogP contribution in [0.3, 0.4) is 0 Å². The number of aromatic carboxylic acids is 1. The van der Waals surface area contributed by atoms with Gasteiger partial charge < -0.3 is 10.0 Å². The van der Waals surface area contributed by atoms with Crippen molar-refractivity contribution in [3.05, 3.63) is 23.4 Å². The zero-order valence-electron chi connectivity index (χ0n) is 13.9. The molecule has 0 fully saturated rings. The van der Waals surface area contributed by atoms with Gasteiger partial charge in [-0.2, -0.15) is 0 Å². The molecule has 0 unspecified atom stereocenters. The Kier molecular flexibility index (Phi) is 6.66. The van der Waals surface area contributed by atoms with Gasteiger partial charge in [0, 0.05) is 13.1 Å². The maximum absolute atomic E-state index is 11.1. The lowest BCUT2D eigenvalue weighted by Crippen LogP contribution is -2.28. The molecule has 0 bridgehead atoms. The molecule has 0 aliphatic carbocycles. The number of aromatic nitrogens is 1. The van der Waals surface area contributed by atoms with Crippen LogP contribution in [0.15, 0.2) is 12.1 Å². The van der Waals surface area contributed by atoms with Crippen LogP contribution in [0.5, 0.6) is 0 Å². The Balaban J connectivity index is 2.90. The molecule has 118 valence electrons. The van der Waals surface area contributed by atoms with Gasteiger partial charge in [-0.1, -0.05) is 27.7 Å². The Morgan fingerprint density at radius 2 is 1.67 bits per heavy atom. The van der Waals surface area contributed by atoms with Crippen LogP contribution in [0.25, 0.3) is 0 Å².